The van der Waals surface area contributed by atoms with Gasteiger partial charge in [0.2, 0.25) is 5.91 Å². The summed E-state index contributed by atoms with van der Waals surface area (Å²) in [5.74, 6) is 2.65. The molecule has 1 heterocycles. The lowest BCUT2D eigenvalue weighted by atomic mass is 9.67. The maximum absolute atomic E-state index is 12.3. The predicted molar refractivity (Wildman–Crippen MR) is 96.6 cm³/mol. The molecule has 1 aliphatic carbocycles. The van der Waals surface area contributed by atoms with Crippen LogP contribution in [0.1, 0.15) is 78.0 Å². The first-order chi connectivity index (χ1) is 11.3. The zero-order valence-corrected chi connectivity index (χ0v) is 16.0. The third-order valence-electron chi connectivity index (χ3n) is 6.13. The second kappa shape index (κ2) is 8.13. The molecule has 0 saturated heterocycles. The third-order valence-corrected chi connectivity index (χ3v) is 6.13. The number of aromatic nitrogens is 3. The van der Waals surface area contributed by atoms with E-state index in [0.29, 0.717) is 24.3 Å². The molecule has 1 fully saturated rings. The van der Waals surface area contributed by atoms with Crippen molar-refractivity contribution in [1.82, 2.24) is 20.1 Å². The van der Waals surface area contributed by atoms with E-state index in [0.717, 1.165) is 11.7 Å². The Labute approximate surface area is 146 Å². The van der Waals surface area contributed by atoms with Crippen LogP contribution in [0.2, 0.25) is 0 Å². The fourth-order valence-electron chi connectivity index (χ4n) is 3.87. The van der Waals surface area contributed by atoms with Gasteiger partial charge in [-0.25, -0.2) is 0 Å². The van der Waals surface area contributed by atoms with E-state index in [1.54, 1.807) is 6.33 Å². The molecule has 2 rings (SSSR count). The first-order valence-corrected chi connectivity index (χ1v) is 9.44. The maximum Gasteiger partial charge on any atom is 0.220 e. The van der Waals surface area contributed by atoms with E-state index < -0.39 is 0 Å². The van der Waals surface area contributed by atoms with Crippen molar-refractivity contribution in [3.63, 3.8) is 0 Å². The molecule has 5 nitrogen and oxygen atoms in total. The number of carbonyl (C=O) groups excluding carboxylic acids is 1. The van der Waals surface area contributed by atoms with Crippen molar-refractivity contribution < 1.29 is 4.79 Å². The number of amides is 1. The summed E-state index contributed by atoms with van der Waals surface area (Å²) in [7, 11) is 1.93. The van der Waals surface area contributed by atoms with Gasteiger partial charge in [-0.05, 0) is 42.9 Å². The Morgan fingerprint density at radius 1 is 1.38 bits per heavy atom. The van der Waals surface area contributed by atoms with E-state index in [2.05, 4.69) is 43.2 Å². The Hall–Kier alpha value is -1.39. The van der Waals surface area contributed by atoms with Gasteiger partial charge in [0, 0.05) is 25.9 Å². The standard InChI is InChI=1S/C19H34N4O/c1-6-19(3,4)16-9-7-15(8-10-16)11-17(24)20-12-14(2)18-22-21-13-23(18)5/h13-16H,6-12H2,1-5H3,(H,20,24)/t14-,15?,16?/m1/s1. The fraction of sp³-hybridized carbons (Fsp3) is 0.842. The Morgan fingerprint density at radius 3 is 2.58 bits per heavy atom. The second-order valence-electron chi connectivity index (χ2n) is 8.27. The summed E-state index contributed by atoms with van der Waals surface area (Å²) >= 11 is 0. The minimum Gasteiger partial charge on any atom is -0.355 e. The molecule has 0 aromatic carbocycles. The summed E-state index contributed by atoms with van der Waals surface area (Å²) in [6, 6.07) is 0. The van der Waals surface area contributed by atoms with Gasteiger partial charge >= 0.3 is 0 Å². The molecule has 1 amide bonds. The maximum atomic E-state index is 12.3. The number of nitrogens with zero attached hydrogens (tertiary/aromatic N) is 3. The number of hydrogen-bond acceptors (Lipinski definition) is 3. The highest BCUT2D eigenvalue weighted by Gasteiger charge is 2.32. The van der Waals surface area contributed by atoms with Crippen molar-refractivity contribution in [2.45, 2.75) is 72.1 Å². The molecular weight excluding hydrogens is 300 g/mol. The normalized spacial score (nSPS) is 23.0. The van der Waals surface area contributed by atoms with Gasteiger partial charge in [-0.3, -0.25) is 4.79 Å². The SMILES string of the molecule is CCC(C)(C)C1CCC(CC(=O)NC[C@@H](C)c2nncn2C)CC1. The summed E-state index contributed by atoms with van der Waals surface area (Å²) in [6.45, 7) is 9.76. The highest BCUT2D eigenvalue weighted by molar-refractivity contribution is 5.76. The smallest absolute Gasteiger partial charge is 0.220 e. The minimum absolute atomic E-state index is 0.183. The summed E-state index contributed by atoms with van der Waals surface area (Å²) < 4.78 is 1.91. The summed E-state index contributed by atoms with van der Waals surface area (Å²) in [6.07, 6.45) is 8.54. The molecular formula is C19H34N4O. The van der Waals surface area contributed by atoms with Gasteiger partial charge in [0.05, 0.1) is 0 Å². The Kier molecular flexibility index (Phi) is 6.41. The van der Waals surface area contributed by atoms with Gasteiger partial charge < -0.3 is 9.88 Å². The highest BCUT2D eigenvalue weighted by Crippen LogP contribution is 2.42. The van der Waals surface area contributed by atoms with Crippen LogP contribution in [0.25, 0.3) is 0 Å². The third kappa shape index (κ3) is 4.81. The molecule has 0 bridgehead atoms. The Morgan fingerprint density at radius 2 is 2.04 bits per heavy atom. The van der Waals surface area contributed by atoms with E-state index in [1.807, 2.05) is 11.6 Å². The van der Waals surface area contributed by atoms with Crippen LogP contribution in [0.3, 0.4) is 0 Å². The van der Waals surface area contributed by atoms with Crippen molar-refractivity contribution in [2.24, 2.45) is 24.3 Å². The lowest BCUT2D eigenvalue weighted by Crippen LogP contribution is -2.32. The van der Waals surface area contributed by atoms with Crippen LogP contribution in [-0.2, 0) is 11.8 Å². The topological polar surface area (TPSA) is 59.8 Å². The monoisotopic (exact) mass is 334 g/mol. The molecule has 0 unspecified atom stereocenters. The lowest BCUT2D eigenvalue weighted by molar-refractivity contribution is -0.122. The lowest BCUT2D eigenvalue weighted by Gasteiger charge is -2.38. The summed E-state index contributed by atoms with van der Waals surface area (Å²) in [4.78, 5) is 12.3. The second-order valence-corrected chi connectivity index (χ2v) is 8.27. The highest BCUT2D eigenvalue weighted by atomic mass is 16.1. The van der Waals surface area contributed by atoms with E-state index in [1.165, 1.54) is 32.1 Å². The molecule has 1 atom stereocenters. The fourth-order valence-corrected chi connectivity index (χ4v) is 3.87. The Balaban J connectivity index is 1.71. The average molecular weight is 335 g/mol. The largest absolute Gasteiger partial charge is 0.355 e. The molecule has 1 aromatic heterocycles. The molecule has 1 N–H and O–H groups in total. The van der Waals surface area contributed by atoms with Crippen LogP contribution >= 0.6 is 0 Å². The van der Waals surface area contributed by atoms with Gasteiger partial charge in [0.1, 0.15) is 12.2 Å². The van der Waals surface area contributed by atoms with E-state index in [-0.39, 0.29) is 11.8 Å². The van der Waals surface area contributed by atoms with Crippen LogP contribution in [0.15, 0.2) is 6.33 Å². The van der Waals surface area contributed by atoms with Crippen LogP contribution in [-0.4, -0.2) is 27.2 Å². The van der Waals surface area contributed by atoms with E-state index >= 15 is 0 Å². The number of carbonyl (C=O) groups is 1. The van der Waals surface area contributed by atoms with Crippen LogP contribution in [0.4, 0.5) is 0 Å². The summed E-state index contributed by atoms with van der Waals surface area (Å²) in [5.41, 5.74) is 0.443. The summed E-state index contributed by atoms with van der Waals surface area (Å²) in [5, 5.41) is 11.1. The van der Waals surface area contributed by atoms with Gasteiger partial charge in [0.25, 0.3) is 0 Å². The first-order valence-electron chi connectivity index (χ1n) is 9.44. The Bertz CT molecular complexity index is 529. The van der Waals surface area contributed by atoms with E-state index in [4.69, 9.17) is 0 Å². The zero-order chi connectivity index (χ0) is 17.7. The molecule has 1 aliphatic rings. The molecule has 24 heavy (non-hydrogen) atoms. The van der Waals surface area contributed by atoms with Gasteiger partial charge in [0.15, 0.2) is 0 Å². The number of hydrogen-bond donors (Lipinski definition) is 1. The minimum atomic E-state index is 0.183. The van der Waals surface area contributed by atoms with Crippen molar-refractivity contribution >= 4 is 5.91 Å². The van der Waals surface area contributed by atoms with Crippen LogP contribution < -0.4 is 5.32 Å². The zero-order valence-electron chi connectivity index (χ0n) is 16.0. The van der Waals surface area contributed by atoms with E-state index in [9.17, 15) is 4.79 Å². The molecule has 0 aliphatic heterocycles. The molecule has 1 saturated carbocycles. The van der Waals surface area contributed by atoms with Crippen molar-refractivity contribution in [3.05, 3.63) is 12.2 Å². The molecule has 136 valence electrons. The first kappa shape index (κ1) is 18.9. The van der Waals surface area contributed by atoms with Crippen molar-refractivity contribution in [1.29, 1.82) is 0 Å². The molecule has 5 heteroatoms. The number of rotatable bonds is 7. The quantitative estimate of drug-likeness (QED) is 0.827. The van der Waals surface area contributed by atoms with Crippen LogP contribution in [0.5, 0.6) is 0 Å². The number of nitrogens with one attached hydrogen (secondary N) is 1. The van der Waals surface area contributed by atoms with Crippen LogP contribution in [0, 0.1) is 17.3 Å². The van der Waals surface area contributed by atoms with Crippen molar-refractivity contribution in [3.8, 4) is 0 Å². The number of aryl methyl sites for hydroxylation is 1. The molecule has 1 aromatic rings. The van der Waals surface area contributed by atoms with Crippen molar-refractivity contribution in [2.75, 3.05) is 6.54 Å². The predicted octanol–water partition coefficient (Wildman–Crippen LogP) is 3.67. The van der Waals surface area contributed by atoms with Gasteiger partial charge in [-0.2, -0.15) is 0 Å². The average Bonchev–Trinajstić information content (AvgIpc) is 2.99. The van der Waals surface area contributed by atoms with Gasteiger partial charge in [-0.15, -0.1) is 10.2 Å². The van der Waals surface area contributed by atoms with Gasteiger partial charge in [-0.1, -0.05) is 34.1 Å². The molecule has 0 radical (unpaired) electrons. The molecule has 0 spiro atoms.